The number of rotatable bonds is 5. The highest BCUT2D eigenvalue weighted by Gasteiger charge is 2.19. The number of aromatic nitrogens is 1. The first-order chi connectivity index (χ1) is 9.16. The van der Waals surface area contributed by atoms with Gasteiger partial charge in [0, 0.05) is 18.8 Å². The minimum Gasteiger partial charge on any atom is -0.478 e. The quantitative estimate of drug-likeness (QED) is 0.856. The van der Waals surface area contributed by atoms with Crippen molar-refractivity contribution in [1.82, 2.24) is 10.3 Å². The molecule has 0 radical (unpaired) electrons. The van der Waals surface area contributed by atoms with Gasteiger partial charge in [-0.3, -0.25) is 4.98 Å². The summed E-state index contributed by atoms with van der Waals surface area (Å²) in [7, 11) is 0. The van der Waals surface area contributed by atoms with Gasteiger partial charge < -0.3 is 10.4 Å². The second-order valence-corrected chi connectivity index (χ2v) is 5.41. The summed E-state index contributed by atoms with van der Waals surface area (Å²) in [5, 5.41) is 12.3. The van der Waals surface area contributed by atoms with E-state index in [9.17, 15) is 4.79 Å². The van der Waals surface area contributed by atoms with Crippen molar-refractivity contribution in [2.45, 2.75) is 51.6 Å². The van der Waals surface area contributed by atoms with Crippen LogP contribution in [0.5, 0.6) is 0 Å². The van der Waals surface area contributed by atoms with E-state index >= 15 is 0 Å². The molecule has 1 atom stereocenters. The van der Waals surface area contributed by atoms with Crippen LogP contribution in [-0.4, -0.2) is 22.1 Å². The SMILES string of the molecule is CC(NCc1ccc(C(=O)O)cn1)C1CCCCC1. The van der Waals surface area contributed by atoms with Gasteiger partial charge >= 0.3 is 5.97 Å². The van der Waals surface area contributed by atoms with Crippen LogP contribution < -0.4 is 5.32 Å². The molecule has 0 aromatic carbocycles. The largest absolute Gasteiger partial charge is 0.478 e. The third-order valence-corrected chi connectivity index (χ3v) is 4.03. The topological polar surface area (TPSA) is 62.2 Å². The zero-order chi connectivity index (χ0) is 13.7. The van der Waals surface area contributed by atoms with E-state index in [-0.39, 0.29) is 5.56 Å². The molecule has 2 N–H and O–H groups in total. The van der Waals surface area contributed by atoms with Crippen molar-refractivity contribution in [3.8, 4) is 0 Å². The summed E-state index contributed by atoms with van der Waals surface area (Å²) in [5.41, 5.74) is 1.14. The van der Waals surface area contributed by atoms with Gasteiger partial charge in [0.25, 0.3) is 0 Å². The smallest absolute Gasteiger partial charge is 0.337 e. The molecule has 1 aliphatic carbocycles. The van der Waals surface area contributed by atoms with Gasteiger partial charge in [-0.05, 0) is 37.8 Å². The number of nitrogens with zero attached hydrogens (tertiary/aromatic N) is 1. The summed E-state index contributed by atoms with van der Waals surface area (Å²) in [6, 6.07) is 3.89. The fourth-order valence-electron chi connectivity index (χ4n) is 2.72. The number of hydrogen-bond donors (Lipinski definition) is 2. The highest BCUT2D eigenvalue weighted by Crippen LogP contribution is 2.26. The first kappa shape index (κ1) is 14.0. The monoisotopic (exact) mass is 262 g/mol. The van der Waals surface area contributed by atoms with Crippen LogP contribution in [0.2, 0.25) is 0 Å². The molecule has 0 bridgehead atoms. The third kappa shape index (κ3) is 4.03. The summed E-state index contributed by atoms with van der Waals surface area (Å²) >= 11 is 0. The molecule has 104 valence electrons. The third-order valence-electron chi connectivity index (χ3n) is 4.03. The van der Waals surface area contributed by atoms with Crippen molar-refractivity contribution < 1.29 is 9.90 Å². The Morgan fingerprint density at radius 3 is 2.74 bits per heavy atom. The highest BCUT2D eigenvalue weighted by atomic mass is 16.4. The minimum absolute atomic E-state index is 0.240. The van der Waals surface area contributed by atoms with E-state index in [0.717, 1.165) is 11.6 Å². The number of aromatic carboxylic acids is 1. The fraction of sp³-hybridized carbons (Fsp3) is 0.600. The summed E-state index contributed by atoms with van der Waals surface area (Å²) < 4.78 is 0. The van der Waals surface area contributed by atoms with E-state index in [4.69, 9.17) is 5.11 Å². The van der Waals surface area contributed by atoms with Crippen LogP contribution in [0.1, 0.15) is 55.1 Å². The maximum absolute atomic E-state index is 10.7. The molecule has 19 heavy (non-hydrogen) atoms. The molecule has 1 fully saturated rings. The Bertz CT molecular complexity index is 411. The first-order valence-corrected chi connectivity index (χ1v) is 7.08. The van der Waals surface area contributed by atoms with Gasteiger partial charge in [0.05, 0.1) is 11.3 Å². The van der Waals surface area contributed by atoms with Gasteiger partial charge in [0.1, 0.15) is 0 Å². The molecule has 1 unspecified atom stereocenters. The lowest BCUT2D eigenvalue weighted by atomic mass is 9.84. The molecule has 0 amide bonds. The van der Waals surface area contributed by atoms with Crippen molar-refractivity contribution in [2.75, 3.05) is 0 Å². The minimum atomic E-state index is -0.928. The van der Waals surface area contributed by atoms with Gasteiger partial charge in [-0.2, -0.15) is 0 Å². The number of carboxylic acids is 1. The van der Waals surface area contributed by atoms with Crippen molar-refractivity contribution in [3.63, 3.8) is 0 Å². The molecule has 2 rings (SSSR count). The number of carbonyl (C=O) groups is 1. The van der Waals surface area contributed by atoms with Gasteiger partial charge in [0.15, 0.2) is 0 Å². The molecule has 0 spiro atoms. The highest BCUT2D eigenvalue weighted by molar-refractivity contribution is 5.87. The molecule has 0 saturated heterocycles. The lowest BCUT2D eigenvalue weighted by Crippen LogP contribution is -2.34. The van der Waals surface area contributed by atoms with Crippen LogP contribution in [0.3, 0.4) is 0 Å². The lowest BCUT2D eigenvalue weighted by molar-refractivity contribution is 0.0696. The first-order valence-electron chi connectivity index (χ1n) is 7.08. The van der Waals surface area contributed by atoms with Crippen LogP contribution in [0.4, 0.5) is 0 Å². The van der Waals surface area contributed by atoms with E-state index in [0.29, 0.717) is 12.6 Å². The molecule has 0 aliphatic heterocycles. The Balaban J connectivity index is 1.82. The zero-order valence-corrected chi connectivity index (χ0v) is 11.4. The number of carboxylic acid groups (broad SMARTS) is 1. The molecule has 4 nitrogen and oxygen atoms in total. The average molecular weight is 262 g/mol. The van der Waals surface area contributed by atoms with E-state index in [1.54, 1.807) is 12.1 Å². The Morgan fingerprint density at radius 1 is 1.42 bits per heavy atom. The van der Waals surface area contributed by atoms with Crippen molar-refractivity contribution in [2.24, 2.45) is 5.92 Å². The fourth-order valence-corrected chi connectivity index (χ4v) is 2.72. The lowest BCUT2D eigenvalue weighted by Gasteiger charge is -2.28. The molecule has 1 aromatic heterocycles. The second-order valence-electron chi connectivity index (χ2n) is 5.41. The van der Waals surface area contributed by atoms with Gasteiger partial charge in [-0.25, -0.2) is 4.79 Å². The molecular weight excluding hydrogens is 240 g/mol. The maximum Gasteiger partial charge on any atom is 0.337 e. The predicted octanol–water partition coefficient (Wildman–Crippen LogP) is 2.84. The Morgan fingerprint density at radius 2 is 2.16 bits per heavy atom. The molecule has 1 heterocycles. The Hall–Kier alpha value is -1.42. The van der Waals surface area contributed by atoms with Crippen LogP contribution in [0, 0.1) is 5.92 Å². The van der Waals surface area contributed by atoms with Crippen LogP contribution in [-0.2, 0) is 6.54 Å². The summed E-state index contributed by atoms with van der Waals surface area (Å²) in [6.45, 7) is 2.94. The van der Waals surface area contributed by atoms with Crippen molar-refractivity contribution in [3.05, 3.63) is 29.6 Å². The normalized spacial score (nSPS) is 18.2. The molecule has 1 saturated carbocycles. The summed E-state index contributed by atoms with van der Waals surface area (Å²) in [6.07, 6.45) is 8.13. The van der Waals surface area contributed by atoms with Gasteiger partial charge in [0.2, 0.25) is 0 Å². The van der Waals surface area contributed by atoms with Crippen molar-refractivity contribution >= 4 is 5.97 Å². The molecular formula is C15H22N2O2. The van der Waals surface area contributed by atoms with E-state index in [2.05, 4.69) is 17.2 Å². The molecule has 4 heteroatoms. The summed E-state index contributed by atoms with van der Waals surface area (Å²) in [4.78, 5) is 14.9. The maximum atomic E-state index is 10.7. The van der Waals surface area contributed by atoms with E-state index in [1.165, 1.54) is 38.3 Å². The summed E-state index contributed by atoms with van der Waals surface area (Å²) in [5.74, 6) is -0.158. The molecule has 1 aliphatic rings. The van der Waals surface area contributed by atoms with Crippen LogP contribution in [0.15, 0.2) is 18.3 Å². The van der Waals surface area contributed by atoms with Crippen LogP contribution >= 0.6 is 0 Å². The standard InChI is InChI=1S/C15H22N2O2/c1-11(12-5-3-2-4-6-12)16-10-14-8-7-13(9-17-14)15(18)19/h7-9,11-12,16H,2-6,10H2,1H3,(H,18,19). The number of hydrogen-bond acceptors (Lipinski definition) is 3. The number of nitrogens with one attached hydrogen (secondary N) is 1. The van der Waals surface area contributed by atoms with Crippen LogP contribution in [0.25, 0.3) is 0 Å². The second kappa shape index (κ2) is 6.66. The van der Waals surface area contributed by atoms with Crippen molar-refractivity contribution in [1.29, 1.82) is 0 Å². The Kier molecular flexibility index (Phi) is 4.91. The van der Waals surface area contributed by atoms with Gasteiger partial charge in [-0.15, -0.1) is 0 Å². The predicted molar refractivity (Wildman–Crippen MR) is 74.1 cm³/mol. The average Bonchev–Trinajstić information content (AvgIpc) is 2.46. The van der Waals surface area contributed by atoms with E-state index < -0.39 is 5.97 Å². The zero-order valence-electron chi connectivity index (χ0n) is 11.4. The van der Waals surface area contributed by atoms with Gasteiger partial charge in [-0.1, -0.05) is 19.3 Å². The Labute approximate surface area is 114 Å². The van der Waals surface area contributed by atoms with E-state index in [1.807, 2.05) is 0 Å². The molecule has 1 aromatic rings. The number of pyridine rings is 1.